The highest BCUT2D eigenvalue weighted by Crippen LogP contribution is 2.36. The molecule has 0 spiro atoms. The third kappa shape index (κ3) is 2.89. The normalized spacial score (nSPS) is 30.3. The number of piperazine rings is 1. The average molecular weight is 326 g/mol. The SMILES string of the molecule is COc1ccc2cc1[C@H]1C=C(CCC1=O)C[C@H]1CN(C)[C@H](CN1)C2. The van der Waals surface area contributed by atoms with Gasteiger partial charge in [-0.2, -0.15) is 0 Å². The highest BCUT2D eigenvalue weighted by molar-refractivity contribution is 5.90. The van der Waals surface area contributed by atoms with Crippen LogP contribution in [0.25, 0.3) is 0 Å². The minimum absolute atomic E-state index is 0.140. The minimum Gasteiger partial charge on any atom is -0.496 e. The van der Waals surface area contributed by atoms with Gasteiger partial charge in [0.15, 0.2) is 0 Å². The van der Waals surface area contributed by atoms with Gasteiger partial charge in [0.25, 0.3) is 0 Å². The number of fused-ring (bicyclic) bond motifs is 2. The van der Waals surface area contributed by atoms with E-state index in [1.165, 1.54) is 11.1 Å². The first-order chi connectivity index (χ1) is 11.6. The molecule has 128 valence electrons. The van der Waals surface area contributed by atoms with Crippen molar-refractivity contribution in [2.75, 3.05) is 27.2 Å². The molecule has 24 heavy (non-hydrogen) atoms. The molecule has 6 bridgehead atoms. The fourth-order valence-electron chi connectivity index (χ4n) is 4.41. The standard InChI is InChI=1S/C20H26N2O2/c1-22-12-15-7-13-3-5-19(23)17(9-13)18-10-14(4-6-20(18)24-2)8-16(22)11-21-15/h4,6,9-10,15-17,21H,3,5,7-8,11-12H2,1-2H3/t15-,16-,17+/m0/s1. The Balaban J connectivity index is 1.81. The number of Topliss-reactive ketones (excluding diaryl/α,β-unsaturated/α-hetero) is 1. The van der Waals surface area contributed by atoms with Gasteiger partial charge in [0.2, 0.25) is 0 Å². The lowest BCUT2D eigenvalue weighted by Crippen LogP contribution is -2.55. The van der Waals surface area contributed by atoms with Gasteiger partial charge >= 0.3 is 0 Å². The first-order valence-electron chi connectivity index (χ1n) is 8.96. The Kier molecular flexibility index (Phi) is 4.19. The van der Waals surface area contributed by atoms with E-state index in [1.54, 1.807) is 7.11 Å². The molecule has 0 saturated carbocycles. The van der Waals surface area contributed by atoms with Crippen LogP contribution < -0.4 is 10.1 Å². The molecule has 1 fully saturated rings. The van der Waals surface area contributed by atoms with Crippen LogP contribution in [-0.4, -0.2) is 50.0 Å². The molecule has 0 amide bonds. The number of hydrogen-bond acceptors (Lipinski definition) is 4. The van der Waals surface area contributed by atoms with Crippen LogP contribution in [0.15, 0.2) is 29.8 Å². The van der Waals surface area contributed by atoms with Crippen LogP contribution in [0.5, 0.6) is 5.75 Å². The maximum atomic E-state index is 12.6. The zero-order chi connectivity index (χ0) is 16.7. The predicted octanol–water partition coefficient (Wildman–Crippen LogP) is 2.29. The smallest absolute Gasteiger partial charge is 0.144 e. The van der Waals surface area contributed by atoms with Gasteiger partial charge < -0.3 is 15.0 Å². The van der Waals surface area contributed by atoms with E-state index in [4.69, 9.17) is 4.74 Å². The second-order valence-electron chi connectivity index (χ2n) is 7.45. The van der Waals surface area contributed by atoms with Crippen molar-refractivity contribution in [1.29, 1.82) is 0 Å². The Morgan fingerprint density at radius 2 is 2.12 bits per heavy atom. The summed E-state index contributed by atoms with van der Waals surface area (Å²) in [6.07, 6.45) is 5.81. The average Bonchev–Trinajstić information content (AvgIpc) is 2.58. The topological polar surface area (TPSA) is 41.6 Å². The van der Waals surface area contributed by atoms with E-state index in [1.807, 2.05) is 6.07 Å². The van der Waals surface area contributed by atoms with Crippen LogP contribution in [0.4, 0.5) is 0 Å². The molecule has 4 heteroatoms. The van der Waals surface area contributed by atoms with Crippen molar-refractivity contribution in [1.82, 2.24) is 10.2 Å². The summed E-state index contributed by atoms with van der Waals surface area (Å²) in [4.78, 5) is 15.1. The molecule has 3 atom stereocenters. The van der Waals surface area contributed by atoms with Crippen molar-refractivity contribution >= 4 is 5.78 Å². The van der Waals surface area contributed by atoms with E-state index in [2.05, 4.69) is 35.5 Å². The third-order valence-corrected chi connectivity index (χ3v) is 5.82. The number of allylic oxidation sites excluding steroid dienone is 1. The summed E-state index contributed by atoms with van der Waals surface area (Å²) in [5.41, 5.74) is 3.75. The summed E-state index contributed by atoms with van der Waals surface area (Å²) in [7, 11) is 3.93. The molecule has 1 N–H and O–H groups in total. The van der Waals surface area contributed by atoms with E-state index in [-0.39, 0.29) is 5.92 Å². The first kappa shape index (κ1) is 15.9. The fourth-order valence-corrected chi connectivity index (χ4v) is 4.41. The number of carbonyl (C=O) groups excluding carboxylic acids is 1. The molecule has 0 unspecified atom stereocenters. The number of methoxy groups -OCH3 is 1. The Bertz CT molecular complexity index is 682. The van der Waals surface area contributed by atoms with Gasteiger partial charge in [-0.05, 0) is 37.9 Å². The molecule has 0 aromatic heterocycles. The van der Waals surface area contributed by atoms with Crippen molar-refractivity contribution in [2.45, 2.75) is 43.7 Å². The van der Waals surface area contributed by atoms with E-state index < -0.39 is 0 Å². The molecule has 5 rings (SSSR count). The van der Waals surface area contributed by atoms with Crippen molar-refractivity contribution in [3.63, 3.8) is 0 Å². The minimum atomic E-state index is -0.140. The largest absolute Gasteiger partial charge is 0.496 e. The van der Waals surface area contributed by atoms with E-state index in [9.17, 15) is 4.79 Å². The lowest BCUT2D eigenvalue weighted by Gasteiger charge is -2.39. The molecular weight excluding hydrogens is 300 g/mol. The predicted molar refractivity (Wildman–Crippen MR) is 94.6 cm³/mol. The number of rotatable bonds is 1. The number of nitrogens with zero attached hydrogens (tertiary/aromatic N) is 1. The molecule has 4 aliphatic rings. The number of benzene rings is 1. The van der Waals surface area contributed by atoms with Gasteiger partial charge in [-0.25, -0.2) is 0 Å². The number of likely N-dealkylation sites (N-methyl/N-ethyl adjacent to an activating group) is 1. The van der Waals surface area contributed by atoms with Crippen molar-refractivity contribution < 1.29 is 9.53 Å². The van der Waals surface area contributed by atoms with Crippen molar-refractivity contribution in [2.24, 2.45) is 0 Å². The monoisotopic (exact) mass is 326 g/mol. The molecule has 1 aromatic rings. The molecule has 0 radical (unpaired) electrons. The lowest BCUT2D eigenvalue weighted by atomic mass is 9.80. The van der Waals surface area contributed by atoms with Gasteiger partial charge in [-0.1, -0.05) is 23.8 Å². The maximum Gasteiger partial charge on any atom is 0.144 e. The zero-order valence-corrected chi connectivity index (χ0v) is 14.5. The Morgan fingerprint density at radius 3 is 2.92 bits per heavy atom. The van der Waals surface area contributed by atoms with Crippen molar-refractivity contribution in [3.05, 3.63) is 41.0 Å². The molecule has 3 aliphatic heterocycles. The van der Waals surface area contributed by atoms with Crippen molar-refractivity contribution in [3.8, 4) is 5.75 Å². The summed E-state index contributed by atoms with van der Waals surface area (Å²) in [5.74, 6) is 1.02. The van der Waals surface area contributed by atoms with E-state index in [0.29, 0.717) is 24.3 Å². The quantitative estimate of drug-likeness (QED) is 0.804. The van der Waals surface area contributed by atoms with Crippen LogP contribution in [0.2, 0.25) is 0 Å². The lowest BCUT2D eigenvalue weighted by molar-refractivity contribution is -0.119. The van der Waals surface area contributed by atoms with Crippen LogP contribution in [0, 0.1) is 0 Å². The van der Waals surface area contributed by atoms with Crippen LogP contribution in [0.1, 0.15) is 36.3 Å². The van der Waals surface area contributed by atoms with Gasteiger partial charge in [0, 0.05) is 37.2 Å². The fraction of sp³-hybridized carbons (Fsp3) is 0.550. The number of ketones is 1. The number of nitrogens with one attached hydrogen (secondary N) is 1. The van der Waals surface area contributed by atoms with Crippen LogP contribution >= 0.6 is 0 Å². The Morgan fingerprint density at radius 1 is 1.25 bits per heavy atom. The second kappa shape index (κ2) is 6.34. The highest BCUT2D eigenvalue weighted by Gasteiger charge is 2.31. The number of carbonyl (C=O) groups is 1. The van der Waals surface area contributed by atoms with Gasteiger partial charge in [0.05, 0.1) is 13.0 Å². The third-order valence-electron chi connectivity index (χ3n) is 5.82. The van der Waals surface area contributed by atoms with E-state index in [0.717, 1.165) is 43.7 Å². The summed E-state index contributed by atoms with van der Waals surface area (Å²) >= 11 is 0. The maximum absolute atomic E-state index is 12.6. The van der Waals surface area contributed by atoms with Crippen LogP contribution in [-0.2, 0) is 11.2 Å². The van der Waals surface area contributed by atoms with Gasteiger partial charge in [-0.3, -0.25) is 4.79 Å². The number of hydrogen-bond donors (Lipinski definition) is 1. The molecule has 3 heterocycles. The van der Waals surface area contributed by atoms with E-state index >= 15 is 0 Å². The molecule has 4 nitrogen and oxygen atoms in total. The van der Waals surface area contributed by atoms with Gasteiger partial charge in [-0.15, -0.1) is 0 Å². The summed E-state index contributed by atoms with van der Waals surface area (Å²) in [5, 5.41) is 3.72. The Labute approximate surface area is 143 Å². The molecule has 1 saturated heterocycles. The number of ether oxygens (including phenoxy) is 1. The summed E-state index contributed by atoms with van der Waals surface area (Å²) in [6.45, 7) is 2.10. The molecular formula is C20H26N2O2. The second-order valence-corrected chi connectivity index (χ2v) is 7.45. The van der Waals surface area contributed by atoms with Gasteiger partial charge in [0.1, 0.15) is 11.5 Å². The molecule has 1 aliphatic carbocycles. The van der Waals surface area contributed by atoms with Crippen LogP contribution in [0.3, 0.4) is 0 Å². The Hall–Kier alpha value is -1.65. The highest BCUT2D eigenvalue weighted by atomic mass is 16.5. The first-order valence-corrected chi connectivity index (χ1v) is 8.96. The molecule has 1 aromatic carbocycles. The summed E-state index contributed by atoms with van der Waals surface area (Å²) < 4.78 is 5.57. The summed E-state index contributed by atoms with van der Waals surface area (Å²) in [6, 6.07) is 7.37. The zero-order valence-electron chi connectivity index (χ0n) is 14.5.